The fourth-order valence-electron chi connectivity index (χ4n) is 3.31. The molecule has 0 radical (unpaired) electrons. The summed E-state index contributed by atoms with van der Waals surface area (Å²) in [7, 11) is 0. The number of hydrogen-bond acceptors (Lipinski definition) is 4. The summed E-state index contributed by atoms with van der Waals surface area (Å²) in [5, 5.41) is 3.46. The smallest absolute Gasteiger partial charge is 0.301 e. The van der Waals surface area contributed by atoms with Gasteiger partial charge in [0.25, 0.3) is 5.91 Å². The molecule has 1 fully saturated rings. The zero-order valence-corrected chi connectivity index (χ0v) is 17.7. The van der Waals surface area contributed by atoms with Crippen LogP contribution in [0.25, 0.3) is 10.6 Å². The van der Waals surface area contributed by atoms with Crippen LogP contribution in [0.3, 0.4) is 0 Å². The molecule has 158 valence electrons. The number of rotatable bonds is 8. The highest BCUT2D eigenvalue weighted by Gasteiger charge is 2.32. The largest absolute Gasteiger partial charge is 0.351 e. The van der Waals surface area contributed by atoms with Crippen LogP contribution in [0.5, 0.6) is 0 Å². The Hall–Kier alpha value is -1.64. The van der Waals surface area contributed by atoms with E-state index in [4.69, 9.17) is 11.6 Å². The second-order valence-electron chi connectivity index (χ2n) is 7.12. The van der Waals surface area contributed by atoms with Gasteiger partial charge in [-0.15, -0.1) is 11.3 Å². The Morgan fingerprint density at radius 3 is 2.76 bits per heavy atom. The molecule has 1 aliphatic rings. The van der Waals surface area contributed by atoms with Gasteiger partial charge in [-0.1, -0.05) is 17.7 Å². The van der Waals surface area contributed by atoms with Crippen LogP contribution in [0.2, 0.25) is 5.02 Å². The van der Waals surface area contributed by atoms with Crippen molar-refractivity contribution in [3.05, 3.63) is 39.4 Å². The van der Waals surface area contributed by atoms with Gasteiger partial charge >= 0.3 is 5.92 Å². The number of halogens is 4. The first-order valence-corrected chi connectivity index (χ1v) is 10.7. The average Bonchev–Trinajstić information content (AvgIpc) is 3.35. The molecule has 0 atom stereocenters. The molecular weight excluding hydrogens is 423 g/mol. The predicted molar refractivity (Wildman–Crippen MR) is 110 cm³/mol. The summed E-state index contributed by atoms with van der Waals surface area (Å²) >= 11 is 7.24. The number of carbonyl (C=O) groups is 1. The van der Waals surface area contributed by atoms with Gasteiger partial charge < -0.3 is 10.2 Å². The molecule has 3 rings (SSSR count). The van der Waals surface area contributed by atoms with Crippen molar-refractivity contribution in [3.8, 4) is 10.6 Å². The number of carbonyl (C=O) groups excluding carboxylic acids is 1. The quantitative estimate of drug-likeness (QED) is 0.578. The summed E-state index contributed by atoms with van der Waals surface area (Å²) in [6, 6.07) is 3.53. The van der Waals surface area contributed by atoms with Crippen molar-refractivity contribution in [2.24, 2.45) is 0 Å². The highest BCUT2D eigenvalue weighted by molar-refractivity contribution is 7.17. The van der Waals surface area contributed by atoms with Gasteiger partial charge in [-0.05, 0) is 58.0 Å². The molecule has 1 N–H and O–H groups in total. The normalized spacial score (nSPS) is 15.1. The van der Waals surface area contributed by atoms with Gasteiger partial charge in [0.2, 0.25) is 0 Å². The third-order valence-corrected chi connectivity index (χ3v) is 6.44. The van der Waals surface area contributed by atoms with Gasteiger partial charge in [0.15, 0.2) is 6.67 Å². The third kappa shape index (κ3) is 5.29. The Bertz CT molecular complexity index is 869. The summed E-state index contributed by atoms with van der Waals surface area (Å²) in [5.74, 6) is -3.84. The summed E-state index contributed by atoms with van der Waals surface area (Å²) in [4.78, 5) is 19.6. The van der Waals surface area contributed by atoms with Crippen LogP contribution in [-0.2, 0) is 5.92 Å². The molecule has 0 bridgehead atoms. The van der Waals surface area contributed by atoms with Gasteiger partial charge in [-0.2, -0.15) is 8.78 Å². The maximum Gasteiger partial charge on any atom is 0.301 e. The van der Waals surface area contributed by atoms with Crippen molar-refractivity contribution in [3.63, 3.8) is 0 Å². The standard InChI is InChI=1S/C20H23ClF3N3OS/c1-13-17(18(28)25-7-4-10-27-8-2-3-9-27)29-19(26-13)15-11-14(5-6-16(15)21)20(23,24)12-22/h5-6,11H,2-4,7-10,12H2,1H3,(H,25,28). The van der Waals surface area contributed by atoms with E-state index in [0.29, 0.717) is 22.1 Å². The molecule has 4 nitrogen and oxygen atoms in total. The Kier molecular flexibility index (Phi) is 7.19. The lowest BCUT2D eigenvalue weighted by Gasteiger charge is -2.14. The summed E-state index contributed by atoms with van der Waals surface area (Å²) in [6.45, 7) is 3.64. The van der Waals surface area contributed by atoms with E-state index in [2.05, 4.69) is 15.2 Å². The van der Waals surface area contributed by atoms with Crippen LogP contribution >= 0.6 is 22.9 Å². The number of likely N-dealkylation sites (tertiary alicyclic amines) is 1. The monoisotopic (exact) mass is 445 g/mol. The molecule has 1 aromatic carbocycles. The molecule has 1 aromatic heterocycles. The number of amides is 1. The van der Waals surface area contributed by atoms with Crippen molar-refractivity contribution in [1.29, 1.82) is 0 Å². The average molecular weight is 446 g/mol. The third-order valence-electron chi connectivity index (χ3n) is 4.93. The van der Waals surface area contributed by atoms with Crippen molar-refractivity contribution in [1.82, 2.24) is 15.2 Å². The van der Waals surface area contributed by atoms with Crippen molar-refractivity contribution < 1.29 is 18.0 Å². The second-order valence-corrected chi connectivity index (χ2v) is 8.53. The van der Waals surface area contributed by atoms with Crippen LogP contribution in [0.1, 0.15) is 40.2 Å². The summed E-state index contributed by atoms with van der Waals surface area (Å²) in [6.07, 6.45) is 3.33. The highest BCUT2D eigenvalue weighted by Crippen LogP contribution is 2.37. The van der Waals surface area contributed by atoms with E-state index in [1.807, 2.05) is 0 Å². The molecule has 1 aliphatic heterocycles. The maximum absolute atomic E-state index is 13.7. The van der Waals surface area contributed by atoms with E-state index in [1.54, 1.807) is 6.92 Å². The van der Waals surface area contributed by atoms with Crippen LogP contribution in [0, 0.1) is 6.92 Å². The molecule has 0 unspecified atom stereocenters. The minimum atomic E-state index is -3.60. The molecule has 0 aliphatic carbocycles. The summed E-state index contributed by atoms with van der Waals surface area (Å²) in [5.41, 5.74) is 0.291. The molecule has 9 heteroatoms. The summed E-state index contributed by atoms with van der Waals surface area (Å²) < 4.78 is 40.1. The number of aromatic nitrogens is 1. The number of hydrogen-bond donors (Lipinski definition) is 1. The van der Waals surface area contributed by atoms with Gasteiger partial charge in [0.1, 0.15) is 9.88 Å². The topological polar surface area (TPSA) is 45.2 Å². The zero-order chi connectivity index (χ0) is 21.0. The van der Waals surface area contributed by atoms with Gasteiger partial charge in [0.05, 0.1) is 10.7 Å². The Labute approximate surface area is 177 Å². The van der Waals surface area contributed by atoms with E-state index < -0.39 is 18.2 Å². The minimum Gasteiger partial charge on any atom is -0.351 e. The molecule has 2 heterocycles. The Balaban J connectivity index is 1.69. The second kappa shape index (κ2) is 9.45. The number of benzene rings is 1. The van der Waals surface area contributed by atoms with Crippen molar-refractivity contribution in [2.45, 2.75) is 32.1 Å². The fraction of sp³-hybridized carbons (Fsp3) is 0.500. The lowest BCUT2D eigenvalue weighted by molar-refractivity contribution is -0.0280. The van der Waals surface area contributed by atoms with Crippen LogP contribution in [0.15, 0.2) is 18.2 Å². The number of nitrogens with zero attached hydrogens (tertiary/aromatic N) is 2. The Morgan fingerprint density at radius 1 is 1.34 bits per heavy atom. The molecular formula is C20H23ClF3N3OS. The molecule has 0 saturated carbocycles. The van der Waals surface area contributed by atoms with Gasteiger partial charge in [-0.25, -0.2) is 9.37 Å². The lowest BCUT2D eigenvalue weighted by atomic mass is 10.1. The van der Waals surface area contributed by atoms with Crippen molar-refractivity contribution in [2.75, 3.05) is 32.9 Å². The van der Waals surface area contributed by atoms with E-state index in [1.165, 1.54) is 18.9 Å². The first-order valence-electron chi connectivity index (χ1n) is 9.54. The van der Waals surface area contributed by atoms with Gasteiger partial charge in [0, 0.05) is 17.7 Å². The molecule has 0 spiro atoms. The van der Waals surface area contributed by atoms with E-state index >= 15 is 0 Å². The van der Waals surface area contributed by atoms with E-state index in [-0.39, 0.29) is 16.5 Å². The first kappa shape index (κ1) is 22.1. The zero-order valence-electron chi connectivity index (χ0n) is 16.1. The fourth-order valence-corrected chi connectivity index (χ4v) is 4.58. The van der Waals surface area contributed by atoms with Crippen molar-refractivity contribution >= 4 is 28.8 Å². The molecule has 1 amide bonds. The van der Waals surface area contributed by atoms with Crippen LogP contribution in [0.4, 0.5) is 13.2 Å². The first-order chi connectivity index (χ1) is 13.8. The maximum atomic E-state index is 13.7. The number of aryl methyl sites for hydroxylation is 1. The van der Waals surface area contributed by atoms with E-state index in [9.17, 15) is 18.0 Å². The molecule has 29 heavy (non-hydrogen) atoms. The Morgan fingerprint density at radius 2 is 2.07 bits per heavy atom. The number of thiazole rings is 1. The molecule has 1 saturated heterocycles. The highest BCUT2D eigenvalue weighted by atomic mass is 35.5. The molecule has 2 aromatic rings. The van der Waals surface area contributed by atoms with E-state index in [0.717, 1.165) is 49.5 Å². The lowest BCUT2D eigenvalue weighted by Crippen LogP contribution is -2.28. The SMILES string of the molecule is Cc1nc(-c2cc(C(F)(F)CF)ccc2Cl)sc1C(=O)NCCCN1CCCC1. The number of alkyl halides is 3. The van der Waals surface area contributed by atoms with Crippen LogP contribution in [-0.4, -0.2) is 48.6 Å². The minimum absolute atomic E-state index is 0.217. The van der Waals surface area contributed by atoms with Crippen LogP contribution < -0.4 is 5.32 Å². The predicted octanol–water partition coefficient (Wildman–Crippen LogP) is 5.05. The van der Waals surface area contributed by atoms with Gasteiger partial charge in [-0.3, -0.25) is 4.79 Å². The number of nitrogens with one attached hydrogen (secondary N) is 1.